The number of carboxylic acid groups (broad SMARTS) is 1. The number of nitrogens with zero attached hydrogens (tertiary/aromatic N) is 2. The lowest BCUT2D eigenvalue weighted by atomic mass is 10.00. The van der Waals surface area contributed by atoms with E-state index in [4.69, 9.17) is 11.6 Å². The molecular formula is C27H19ClFN3O3. The Labute approximate surface area is 203 Å². The van der Waals surface area contributed by atoms with Gasteiger partial charge in [0.15, 0.2) is 0 Å². The van der Waals surface area contributed by atoms with Gasteiger partial charge in [-0.3, -0.25) is 4.79 Å². The van der Waals surface area contributed by atoms with E-state index in [1.54, 1.807) is 18.2 Å². The van der Waals surface area contributed by atoms with Crippen LogP contribution in [0.2, 0.25) is 5.15 Å². The van der Waals surface area contributed by atoms with E-state index in [9.17, 15) is 14.7 Å². The molecular weight excluding hydrogens is 469 g/mol. The van der Waals surface area contributed by atoms with Crippen molar-refractivity contribution in [3.8, 4) is 11.1 Å². The standard InChI is InChI=1S/C27H19ClFN3O3/c28-25-16(10-15-4-1-2-6-21(15)31-25)13-32-22-12-20(29)18(14-7-8-14)11-19(22)23(24(32)27(34)35)17-5-3-9-30-26(17)33/h1-6,9-12,14H,7-8,13H2,(H,30,33)(H,34,35). The van der Waals surface area contributed by atoms with Gasteiger partial charge in [0, 0.05) is 33.7 Å². The maximum atomic E-state index is 15.2. The second-order valence-electron chi connectivity index (χ2n) is 8.82. The Kier molecular flexibility index (Phi) is 4.96. The van der Waals surface area contributed by atoms with Crippen LogP contribution in [0.4, 0.5) is 4.39 Å². The van der Waals surface area contributed by atoms with Crippen molar-refractivity contribution in [3.05, 3.63) is 98.9 Å². The van der Waals surface area contributed by atoms with Gasteiger partial charge >= 0.3 is 5.97 Å². The first-order chi connectivity index (χ1) is 16.9. The second-order valence-corrected chi connectivity index (χ2v) is 9.18. The molecule has 2 N–H and O–H groups in total. The number of pyridine rings is 2. The summed E-state index contributed by atoms with van der Waals surface area (Å²) >= 11 is 6.49. The summed E-state index contributed by atoms with van der Waals surface area (Å²) in [6, 6.07) is 15.6. The predicted octanol–water partition coefficient (Wildman–Crippen LogP) is 5.96. The van der Waals surface area contributed by atoms with Crippen molar-refractivity contribution in [2.45, 2.75) is 25.3 Å². The van der Waals surface area contributed by atoms with Gasteiger partial charge in [-0.15, -0.1) is 0 Å². The van der Waals surface area contributed by atoms with Crippen molar-refractivity contribution in [1.29, 1.82) is 0 Å². The molecule has 3 heterocycles. The van der Waals surface area contributed by atoms with Crippen molar-refractivity contribution in [2.24, 2.45) is 0 Å². The Bertz CT molecular complexity index is 1720. The molecule has 3 aromatic heterocycles. The predicted molar refractivity (Wildman–Crippen MR) is 133 cm³/mol. The molecule has 6 rings (SSSR count). The summed E-state index contributed by atoms with van der Waals surface area (Å²) in [7, 11) is 0. The van der Waals surface area contributed by atoms with Crippen LogP contribution in [-0.2, 0) is 6.54 Å². The molecule has 0 bridgehead atoms. The third-order valence-corrected chi connectivity index (χ3v) is 6.89. The van der Waals surface area contributed by atoms with Gasteiger partial charge in [-0.25, -0.2) is 14.2 Å². The molecule has 35 heavy (non-hydrogen) atoms. The first kappa shape index (κ1) is 21.6. The number of aromatic carboxylic acids is 1. The van der Waals surface area contributed by atoms with Crippen molar-refractivity contribution in [1.82, 2.24) is 14.5 Å². The van der Waals surface area contributed by atoms with E-state index >= 15 is 4.39 Å². The number of nitrogens with one attached hydrogen (secondary N) is 1. The number of fused-ring (bicyclic) bond motifs is 2. The highest BCUT2D eigenvalue weighted by Crippen LogP contribution is 2.44. The number of benzene rings is 2. The zero-order valence-corrected chi connectivity index (χ0v) is 19.1. The minimum atomic E-state index is -1.22. The van der Waals surface area contributed by atoms with Crippen LogP contribution in [0.5, 0.6) is 0 Å². The molecule has 174 valence electrons. The highest BCUT2D eigenvalue weighted by atomic mass is 35.5. The topological polar surface area (TPSA) is 88.0 Å². The van der Waals surface area contributed by atoms with Crippen molar-refractivity contribution in [3.63, 3.8) is 0 Å². The molecule has 6 nitrogen and oxygen atoms in total. The van der Waals surface area contributed by atoms with E-state index in [2.05, 4.69) is 9.97 Å². The molecule has 1 fully saturated rings. The van der Waals surface area contributed by atoms with Crippen LogP contribution in [0.1, 0.15) is 40.4 Å². The fraction of sp³-hybridized carbons (Fsp3) is 0.148. The minimum Gasteiger partial charge on any atom is -0.477 e. The molecule has 0 amide bonds. The van der Waals surface area contributed by atoms with E-state index < -0.39 is 11.5 Å². The third kappa shape index (κ3) is 3.59. The molecule has 0 radical (unpaired) electrons. The van der Waals surface area contributed by atoms with Crippen LogP contribution in [0, 0.1) is 5.82 Å². The van der Waals surface area contributed by atoms with Gasteiger partial charge in [-0.05, 0) is 60.7 Å². The van der Waals surface area contributed by atoms with Gasteiger partial charge in [0.1, 0.15) is 16.7 Å². The average Bonchev–Trinajstić information content (AvgIpc) is 3.63. The second kappa shape index (κ2) is 8.06. The monoisotopic (exact) mass is 487 g/mol. The van der Waals surface area contributed by atoms with Crippen LogP contribution in [0.25, 0.3) is 32.9 Å². The van der Waals surface area contributed by atoms with Crippen molar-refractivity contribution in [2.75, 3.05) is 0 Å². The molecule has 0 spiro atoms. The van der Waals surface area contributed by atoms with Gasteiger partial charge in [0.2, 0.25) is 0 Å². The number of hydrogen-bond donors (Lipinski definition) is 2. The zero-order valence-electron chi connectivity index (χ0n) is 18.4. The normalized spacial score (nSPS) is 13.5. The number of carboxylic acids is 1. The maximum Gasteiger partial charge on any atom is 0.353 e. The van der Waals surface area contributed by atoms with Gasteiger partial charge in [0.05, 0.1) is 17.6 Å². The molecule has 1 aliphatic rings. The SMILES string of the molecule is O=C(O)c1c(-c2ccc[nH]c2=O)c2cc(C3CC3)c(F)cc2n1Cc1cc2ccccc2nc1Cl. The Morgan fingerprint density at radius 3 is 2.71 bits per heavy atom. The van der Waals surface area contributed by atoms with Crippen LogP contribution in [-0.4, -0.2) is 25.6 Å². The molecule has 0 unspecified atom stereocenters. The number of hydrogen-bond acceptors (Lipinski definition) is 3. The quantitative estimate of drug-likeness (QED) is 0.299. The van der Waals surface area contributed by atoms with E-state index in [1.165, 1.54) is 16.8 Å². The molecule has 0 saturated heterocycles. The van der Waals surface area contributed by atoms with E-state index in [0.29, 0.717) is 27.5 Å². The van der Waals surface area contributed by atoms with Crippen LogP contribution in [0.3, 0.4) is 0 Å². The molecule has 0 atom stereocenters. The number of H-pyrrole nitrogens is 1. The summed E-state index contributed by atoms with van der Waals surface area (Å²) in [5.74, 6) is -1.50. The lowest BCUT2D eigenvalue weighted by molar-refractivity contribution is 0.0687. The Balaban J connectivity index is 1.66. The Morgan fingerprint density at radius 1 is 1.17 bits per heavy atom. The fourth-order valence-electron chi connectivity index (χ4n) is 4.79. The zero-order chi connectivity index (χ0) is 24.3. The summed E-state index contributed by atoms with van der Waals surface area (Å²) in [5.41, 5.74) is 2.19. The largest absolute Gasteiger partial charge is 0.477 e. The third-order valence-electron chi connectivity index (χ3n) is 6.57. The van der Waals surface area contributed by atoms with Crippen molar-refractivity contribution < 1.29 is 14.3 Å². The number of aromatic amines is 1. The minimum absolute atomic E-state index is 0.0434. The number of aromatic nitrogens is 3. The van der Waals surface area contributed by atoms with Crippen LogP contribution >= 0.6 is 11.6 Å². The number of para-hydroxylation sites is 1. The van der Waals surface area contributed by atoms with Gasteiger partial charge in [0.25, 0.3) is 5.56 Å². The number of carbonyl (C=O) groups is 1. The molecule has 8 heteroatoms. The van der Waals surface area contributed by atoms with Crippen LogP contribution < -0.4 is 5.56 Å². The summed E-state index contributed by atoms with van der Waals surface area (Å²) < 4.78 is 16.7. The number of rotatable bonds is 5. The molecule has 1 aliphatic carbocycles. The Morgan fingerprint density at radius 2 is 1.97 bits per heavy atom. The lowest BCUT2D eigenvalue weighted by Gasteiger charge is -2.12. The summed E-state index contributed by atoms with van der Waals surface area (Å²) in [5, 5.41) is 11.9. The highest BCUT2D eigenvalue weighted by Gasteiger charge is 2.31. The fourth-order valence-corrected chi connectivity index (χ4v) is 4.99. The molecule has 1 saturated carbocycles. The Hall–Kier alpha value is -3.97. The molecule has 0 aliphatic heterocycles. The average molecular weight is 488 g/mol. The highest BCUT2D eigenvalue weighted by molar-refractivity contribution is 6.30. The molecule has 5 aromatic rings. The first-order valence-electron chi connectivity index (χ1n) is 11.2. The summed E-state index contributed by atoms with van der Waals surface area (Å²) in [6.45, 7) is 0.0434. The van der Waals surface area contributed by atoms with Gasteiger partial charge in [-0.2, -0.15) is 0 Å². The summed E-state index contributed by atoms with van der Waals surface area (Å²) in [6.07, 6.45) is 3.25. The first-order valence-corrected chi connectivity index (χ1v) is 11.6. The number of halogens is 2. The van der Waals surface area contributed by atoms with E-state index in [-0.39, 0.29) is 40.3 Å². The lowest BCUT2D eigenvalue weighted by Crippen LogP contribution is -2.14. The van der Waals surface area contributed by atoms with E-state index in [1.807, 2.05) is 30.3 Å². The van der Waals surface area contributed by atoms with E-state index in [0.717, 1.165) is 18.2 Å². The van der Waals surface area contributed by atoms with Gasteiger partial charge < -0.3 is 14.7 Å². The smallest absolute Gasteiger partial charge is 0.353 e. The van der Waals surface area contributed by atoms with Crippen LogP contribution in [0.15, 0.2) is 65.6 Å². The maximum absolute atomic E-state index is 15.2. The summed E-state index contributed by atoms with van der Waals surface area (Å²) in [4.78, 5) is 32.4. The van der Waals surface area contributed by atoms with Gasteiger partial charge in [-0.1, -0.05) is 29.8 Å². The van der Waals surface area contributed by atoms with Crippen molar-refractivity contribution >= 4 is 39.4 Å². The molecule has 2 aromatic carbocycles.